The molecule has 0 bridgehead atoms. The second-order valence-electron chi connectivity index (χ2n) is 4.57. The number of nitrogens with zero attached hydrogens (tertiary/aromatic N) is 1. The van der Waals surface area contributed by atoms with Gasteiger partial charge in [-0.3, -0.25) is 10.1 Å². The van der Waals surface area contributed by atoms with Gasteiger partial charge in [0.05, 0.1) is 12.0 Å². The molecule has 0 radical (unpaired) electrons. The summed E-state index contributed by atoms with van der Waals surface area (Å²) in [5.41, 5.74) is -0.285. The Kier molecular flexibility index (Phi) is 5.28. The molecule has 0 aliphatic rings. The lowest BCUT2D eigenvalue weighted by molar-refractivity contribution is -0.387. The lowest BCUT2D eigenvalue weighted by Gasteiger charge is -2.25. The number of rotatable bonds is 6. The van der Waals surface area contributed by atoms with Crippen LogP contribution in [-0.4, -0.2) is 24.2 Å². The quantitative estimate of drug-likeness (QED) is 0.453. The molecule has 1 aromatic rings. The highest BCUT2D eigenvalue weighted by Crippen LogP contribution is 2.36. The average Bonchev–Trinajstić information content (AvgIpc) is 2.31. The molecule has 19 heavy (non-hydrogen) atoms. The lowest BCUT2D eigenvalue weighted by Crippen LogP contribution is -2.34. The van der Waals surface area contributed by atoms with E-state index in [1.165, 1.54) is 7.11 Å². The van der Waals surface area contributed by atoms with E-state index in [4.69, 9.17) is 9.62 Å². The molecule has 0 aliphatic carbocycles. The first-order chi connectivity index (χ1) is 8.78. The standard InChI is InChI=1S/C12H16BrNO5/c1-8-9(13)5-6-10(11(8)14(15)16)19-12(2,3)7-18-17-4/h5-6H,7H2,1-4H3. The summed E-state index contributed by atoms with van der Waals surface area (Å²) >= 11 is 3.27. The van der Waals surface area contributed by atoms with Crippen LogP contribution in [0.4, 0.5) is 5.69 Å². The summed E-state index contributed by atoms with van der Waals surface area (Å²) in [5.74, 6) is 0.204. The third-order valence-corrected chi connectivity index (χ3v) is 3.28. The van der Waals surface area contributed by atoms with Gasteiger partial charge in [-0.25, -0.2) is 9.78 Å². The first-order valence-electron chi connectivity index (χ1n) is 5.56. The Morgan fingerprint density at radius 2 is 2.05 bits per heavy atom. The van der Waals surface area contributed by atoms with Crippen LogP contribution in [0.25, 0.3) is 0 Å². The van der Waals surface area contributed by atoms with Gasteiger partial charge >= 0.3 is 5.69 Å². The molecule has 106 valence electrons. The minimum Gasteiger partial charge on any atom is -0.478 e. The Bertz CT molecular complexity index is 475. The van der Waals surface area contributed by atoms with E-state index in [9.17, 15) is 10.1 Å². The van der Waals surface area contributed by atoms with Gasteiger partial charge in [-0.15, -0.1) is 0 Å². The molecular formula is C12H16BrNO5. The summed E-state index contributed by atoms with van der Waals surface area (Å²) in [6, 6.07) is 3.27. The van der Waals surface area contributed by atoms with Crippen LogP contribution < -0.4 is 4.74 Å². The molecule has 7 heteroatoms. The Balaban J connectivity index is 3.07. The summed E-state index contributed by atoms with van der Waals surface area (Å²) in [7, 11) is 1.39. The zero-order valence-electron chi connectivity index (χ0n) is 11.2. The predicted octanol–water partition coefficient (Wildman–Crippen LogP) is 3.40. The average molecular weight is 334 g/mol. The van der Waals surface area contributed by atoms with E-state index < -0.39 is 10.5 Å². The zero-order valence-corrected chi connectivity index (χ0v) is 12.8. The van der Waals surface area contributed by atoms with Crippen molar-refractivity contribution >= 4 is 21.6 Å². The van der Waals surface area contributed by atoms with Gasteiger partial charge in [-0.2, -0.15) is 0 Å². The van der Waals surface area contributed by atoms with Gasteiger partial charge in [-0.1, -0.05) is 15.9 Å². The maximum Gasteiger partial charge on any atom is 0.314 e. The molecule has 1 aromatic carbocycles. The molecule has 0 heterocycles. The van der Waals surface area contributed by atoms with Crippen molar-refractivity contribution in [2.75, 3.05) is 13.7 Å². The van der Waals surface area contributed by atoms with Crippen LogP contribution in [0.1, 0.15) is 19.4 Å². The van der Waals surface area contributed by atoms with Crippen molar-refractivity contribution in [3.05, 3.63) is 32.3 Å². The Hall–Kier alpha value is -1.18. The van der Waals surface area contributed by atoms with E-state index in [1.54, 1.807) is 32.9 Å². The summed E-state index contributed by atoms with van der Waals surface area (Å²) in [5, 5.41) is 11.1. The van der Waals surface area contributed by atoms with Crippen molar-refractivity contribution in [1.29, 1.82) is 0 Å². The number of ether oxygens (including phenoxy) is 1. The van der Waals surface area contributed by atoms with Gasteiger partial charge in [0.2, 0.25) is 0 Å². The summed E-state index contributed by atoms with van der Waals surface area (Å²) in [6.07, 6.45) is 0. The van der Waals surface area contributed by atoms with Gasteiger partial charge < -0.3 is 4.74 Å². The third-order valence-electron chi connectivity index (χ3n) is 2.42. The van der Waals surface area contributed by atoms with E-state index in [0.717, 1.165) is 0 Å². The van der Waals surface area contributed by atoms with E-state index in [1.807, 2.05) is 0 Å². The predicted molar refractivity (Wildman–Crippen MR) is 73.2 cm³/mol. The van der Waals surface area contributed by atoms with Gasteiger partial charge in [-0.05, 0) is 32.9 Å². The van der Waals surface area contributed by atoms with Crippen molar-refractivity contribution in [3.63, 3.8) is 0 Å². The van der Waals surface area contributed by atoms with Crippen LogP contribution in [0, 0.1) is 17.0 Å². The molecule has 0 N–H and O–H groups in total. The van der Waals surface area contributed by atoms with E-state index in [-0.39, 0.29) is 18.0 Å². The smallest absolute Gasteiger partial charge is 0.314 e. The van der Waals surface area contributed by atoms with Crippen LogP contribution in [0.2, 0.25) is 0 Å². The van der Waals surface area contributed by atoms with E-state index >= 15 is 0 Å². The Morgan fingerprint density at radius 1 is 1.42 bits per heavy atom. The summed E-state index contributed by atoms with van der Waals surface area (Å²) in [6.45, 7) is 5.32. The minimum atomic E-state index is -0.749. The zero-order chi connectivity index (χ0) is 14.6. The van der Waals surface area contributed by atoms with Gasteiger partial charge in [0.15, 0.2) is 5.75 Å². The first-order valence-corrected chi connectivity index (χ1v) is 6.36. The molecule has 0 fully saturated rings. The first kappa shape index (κ1) is 15.9. The Labute approximate surface area is 119 Å². The molecule has 0 atom stereocenters. The van der Waals surface area contributed by atoms with Gasteiger partial charge in [0, 0.05) is 10.0 Å². The summed E-state index contributed by atoms with van der Waals surface area (Å²) in [4.78, 5) is 20.0. The van der Waals surface area contributed by atoms with Gasteiger partial charge in [0.1, 0.15) is 12.2 Å². The molecule has 0 unspecified atom stereocenters. The third kappa shape index (κ3) is 4.15. The molecule has 1 rings (SSSR count). The number of hydrogen-bond acceptors (Lipinski definition) is 5. The van der Waals surface area contributed by atoms with Crippen molar-refractivity contribution < 1.29 is 19.4 Å². The van der Waals surface area contributed by atoms with Crippen molar-refractivity contribution in [3.8, 4) is 5.75 Å². The van der Waals surface area contributed by atoms with E-state index in [2.05, 4.69) is 20.8 Å². The van der Waals surface area contributed by atoms with Crippen LogP contribution in [0.15, 0.2) is 16.6 Å². The fraction of sp³-hybridized carbons (Fsp3) is 0.500. The maximum absolute atomic E-state index is 11.1. The molecule has 6 nitrogen and oxygen atoms in total. The van der Waals surface area contributed by atoms with Crippen LogP contribution in [0.3, 0.4) is 0 Å². The molecular weight excluding hydrogens is 318 g/mol. The highest BCUT2D eigenvalue weighted by atomic mass is 79.9. The SMILES string of the molecule is COOCC(C)(C)Oc1ccc(Br)c(C)c1[N+](=O)[O-]. The topological polar surface area (TPSA) is 70.8 Å². The van der Waals surface area contributed by atoms with Crippen molar-refractivity contribution in [2.24, 2.45) is 0 Å². The maximum atomic E-state index is 11.1. The number of hydrogen-bond donors (Lipinski definition) is 0. The normalized spacial score (nSPS) is 11.4. The second kappa shape index (κ2) is 6.31. The minimum absolute atomic E-state index is 0.0557. The largest absolute Gasteiger partial charge is 0.478 e. The molecule has 0 aliphatic heterocycles. The van der Waals surface area contributed by atoms with E-state index in [0.29, 0.717) is 10.0 Å². The lowest BCUT2D eigenvalue weighted by atomic mass is 10.1. The van der Waals surface area contributed by atoms with Crippen LogP contribution in [0.5, 0.6) is 5.75 Å². The number of halogens is 1. The van der Waals surface area contributed by atoms with Crippen molar-refractivity contribution in [2.45, 2.75) is 26.4 Å². The van der Waals surface area contributed by atoms with Gasteiger partial charge in [0.25, 0.3) is 0 Å². The Morgan fingerprint density at radius 3 is 2.58 bits per heavy atom. The monoisotopic (exact) mass is 333 g/mol. The molecule has 0 saturated carbocycles. The highest BCUT2D eigenvalue weighted by Gasteiger charge is 2.27. The molecule has 0 spiro atoms. The van der Waals surface area contributed by atoms with Crippen LogP contribution >= 0.6 is 15.9 Å². The fourth-order valence-electron chi connectivity index (χ4n) is 1.49. The van der Waals surface area contributed by atoms with Crippen LogP contribution in [-0.2, 0) is 9.78 Å². The number of nitro groups is 1. The highest BCUT2D eigenvalue weighted by molar-refractivity contribution is 9.10. The molecule has 0 saturated heterocycles. The molecule has 0 aromatic heterocycles. The second-order valence-corrected chi connectivity index (χ2v) is 5.42. The summed E-state index contributed by atoms with van der Waals surface area (Å²) < 4.78 is 6.33. The molecule has 0 amide bonds. The number of benzene rings is 1. The fourth-order valence-corrected chi connectivity index (χ4v) is 1.81. The number of nitro benzene ring substituents is 1. The van der Waals surface area contributed by atoms with Crippen molar-refractivity contribution in [1.82, 2.24) is 0 Å².